The number of aliphatic hydroxyl groups is 1. The molecule has 1 fully saturated rings. The average Bonchev–Trinajstić information content (AvgIpc) is 2.76. The fourth-order valence-electron chi connectivity index (χ4n) is 4.60. The lowest BCUT2D eigenvalue weighted by molar-refractivity contribution is -0.124. The van der Waals surface area contributed by atoms with Gasteiger partial charge in [-0.1, -0.05) is 29.8 Å². The predicted octanol–water partition coefficient (Wildman–Crippen LogP) is 2.30. The van der Waals surface area contributed by atoms with E-state index in [1.807, 2.05) is 32.0 Å². The molecule has 1 amide bonds. The lowest BCUT2D eigenvalue weighted by Crippen LogP contribution is -2.54. The molecule has 0 aliphatic carbocycles. The molecule has 0 aromatic heterocycles. The van der Waals surface area contributed by atoms with E-state index in [-0.39, 0.29) is 12.5 Å². The van der Waals surface area contributed by atoms with Gasteiger partial charge in [0.05, 0.1) is 0 Å². The van der Waals surface area contributed by atoms with Gasteiger partial charge in [0.15, 0.2) is 17.6 Å². The largest absolute Gasteiger partial charge is 0.486 e. The fourth-order valence-corrected chi connectivity index (χ4v) is 4.76. The Balaban J connectivity index is 1.35. The topological polar surface area (TPSA) is 88.3 Å². The smallest absolute Gasteiger partial charge is 0.239 e. The third-order valence-electron chi connectivity index (χ3n) is 6.32. The highest BCUT2D eigenvalue weighted by Crippen LogP contribution is 2.35. The number of piperazine rings is 1. The van der Waals surface area contributed by atoms with E-state index in [1.54, 1.807) is 18.2 Å². The molecule has 3 N–H and O–H groups in total. The zero-order valence-electron chi connectivity index (χ0n) is 18.5. The Hall–Kier alpha value is -2.32. The monoisotopic (exact) mass is 459 g/mol. The lowest BCUT2D eigenvalue weighted by atomic mass is 9.94. The van der Waals surface area contributed by atoms with E-state index in [9.17, 15) is 9.90 Å². The number of hydrogen-bond acceptors (Lipinski definition) is 6. The van der Waals surface area contributed by atoms with Gasteiger partial charge in [-0.2, -0.15) is 0 Å². The van der Waals surface area contributed by atoms with Gasteiger partial charge in [-0.3, -0.25) is 14.6 Å². The van der Waals surface area contributed by atoms with Crippen molar-refractivity contribution in [3.8, 4) is 11.5 Å². The number of nitrogens with zero attached hydrogens (tertiary/aromatic N) is 2. The standard InChI is InChI=1S/C24H30ClN3O4/c1-15-4-3-5-16(2)22(15)23(24(26)30)28-10-8-27(9-11-28)13-18(29)21-14-31-20-12-17(25)6-7-19(20)32-21/h3-7,12,18,21,23,29H,8-11,13-14H2,1-2H3,(H2,26,30). The molecule has 2 heterocycles. The molecule has 0 spiro atoms. The number of benzene rings is 2. The van der Waals surface area contributed by atoms with E-state index in [4.69, 9.17) is 26.8 Å². The Morgan fingerprint density at radius 2 is 1.84 bits per heavy atom. The highest BCUT2D eigenvalue weighted by Gasteiger charge is 2.33. The summed E-state index contributed by atoms with van der Waals surface area (Å²) in [6.45, 7) is 7.61. The van der Waals surface area contributed by atoms with Crippen molar-refractivity contribution in [3.63, 3.8) is 0 Å². The zero-order valence-corrected chi connectivity index (χ0v) is 19.2. The summed E-state index contributed by atoms with van der Waals surface area (Å²) in [4.78, 5) is 16.7. The number of primary amides is 1. The molecular formula is C24H30ClN3O4. The molecule has 7 nitrogen and oxygen atoms in total. The van der Waals surface area contributed by atoms with Crippen molar-refractivity contribution in [1.29, 1.82) is 0 Å². The van der Waals surface area contributed by atoms with Crippen molar-refractivity contribution >= 4 is 17.5 Å². The molecule has 172 valence electrons. The number of carbonyl (C=O) groups excluding carboxylic acids is 1. The van der Waals surface area contributed by atoms with Gasteiger partial charge in [-0.05, 0) is 42.7 Å². The van der Waals surface area contributed by atoms with Crippen LogP contribution < -0.4 is 15.2 Å². The van der Waals surface area contributed by atoms with Crippen molar-refractivity contribution in [2.24, 2.45) is 5.73 Å². The third kappa shape index (κ3) is 4.86. The number of amides is 1. The summed E-state index contributed by atoms with van der Waals surface area (Å²) in [6.07, 6.45) is -1.15. The number of hydrogen-bond donors (Lipinski definition) is 2. The first-order chi connectivity index (χ1) is 15.3. The lowest BCUT2D eigenvalue weighted by Gasteiger charge is -2.40. The highest BCUT2D eigenvalue weighted by atomic mass is 35.5. The number of fused-ring (bicyclic) bond motifs is 1. The maximum absolute atomic E-state index is 12.4. The molecule has 0 bridgehead atoms. The van der Waals surface area contributed by atoms with Crippen molar-refractivity contribution in [3.05, 3.63) is 58.1 Å². The summed E-state index contributed by atoms with van der Waals surface area (Å²) < 4.78 is 11.7. The van der Waals surface area contributed by atoms with Crippen LogP contribution in [0.25, 0.3) is 0 Å². The molecule has 0 saturated carbocycles. The minimum atomic E-state index is -0.698. The number of nitrogens with two attached hydrogens (primary N) is 1. The predicted molar refractivity (Wildman–Crippen MR) is 123 cm³/mol. The number of rotatable bonds is 6. The van der Waals surface area contributed by atoms with Crippen LogP contribution in [-0.2, 0) is 4.79 Å². The van der Waals surface area contributed by atoms with Crippen molar-refractivity contribution in [1.82, 2.24) is 9.80 Å². The van der Waals surface area contributed by atoms with Gasteiger partial charge in [-0.25, -0.2) is 0 Å². The number of aliphatic hydroxyl groups excluding tert-OH is 1. The summed E-state index contributed by atoms with van der Waals surface area (Å²) in [5.74, 6) is 0.855. The second-order valence-electron chi connectivity index (χ2n) is 8.57. The Morgan fingerprint density at radius 1 is 1.16 bits per heavy atom. The normalized spacial score (nSPS) is 21.2. The first kappa shape index (κ1) is 22.9. The van der Waals surface area contributed by atoms with Crippen LogP contribution in [0.15, 0.2) is 36.4 Å². The second kappa shape index (κ2) is 9.67. The maximum atomic E-state index is 12.4. The minimum absolute atomic E-state index is 0.269. The van der Waals surface area contributed by atoms with E-state index in [0.29, 0.717) is 36.2 Å². The molecule has 32 heavy (non-hydrogen) atoms. The number of aryl methyl sites for hydroxylation is 2. The van der Waals surface area contributed by atoms with Crippen LogP contribution in [0.3, 0.4) is 0 Å². The van der Waals surface area contributed by atoms with E-state index in [1.165, 1.54) is 0 Å². The molecule has 0 radical (unpaired) electrons. The first-order valence-electron chi connectivity index (χ1n) is 10.9. The van der Waals surface area contributed by atoms with E-state index >= 15 is 0 Å². The average molecular weight is 460 g/mol. The Kier molecular flexibility index (Phi) is 6.90. The Labute approximate surface area is 193 Å². The van der Waals surface area contributed by atoms with E-state index in [0.717, 1.165) is 29.8 Å². The molecule has 2 aromatic carbocycles. The maximum Gasteiger partial charge on any atom is 0.239 e. The van der Waals surface area contributed by atoms with Gasteiger partial charge in [0.25, 0.3) is 0 Å². The highest BCUT2D eigenvalue weighted by molar-refractivity contribution is 6.30. The Morgan fingerprint density at radius 3 is 2.50 bits per heavy atom. The summed E-state index contributed by atoms with van der Waals surface area (Å²) in [7, 11) is 0. The number of halogens is 1. The van der Waals surface area contributed by atoms with Gasteiger partial charge < -0.3 is 20.3 Å². The number of ether oxygens (including phenoxy) is 2. The van der Waals surface area contributed by atoms with Crippen LogP contribution in [0.4, 0.5) is 0 Å². The van der Waals surface area contributed by atoms with E-state index in [2.05, 4.69) is 9.80 Å². The van der Waals surface area contributed by atoms with Gasteiger partial charge >= 0.3 is 0 Å². The third-order valence-corrected chi connectivity index (χ3v) is 6.55. The first-order valence-corrected chi connectivity index (χ1v) is 11.3. The SMILES string of the molecule is Cc1cccc(C)c1C(C(N)=O)N1CCN(CC(O)C2COc3cc(Cl)ccc3O2)CC1. The molecule has 2 aliphatic rings. The Bertz CT molecular complexity index is 957. The van der Waals surface area contributed by atoms with Gasteiger partial charge in [0.2, 0.25) is 5.91 Å². The van der Waals surface area contributed by atoms with E-state index < -0.39 is 18.2 Å². The number of β-amino-alcohol motifs (C(OH)–C–C–N with tert-alkyl or cyclic N) is 1. The van der Waals surface area contributed by atoms with Gasteiger partial charge in [-0.15, -0.1) is 0 Å². The summed E-state index contributed by atoms with van der Waals surface area (Å²) in [5.41, 5.74) is 8.97. The van der Waals surface area contributed by atoms with Crippen LogP contribution in [0, 0.1) is 13.8 Å². The molecule has 4 rings (SSSR count). The molecule has 2 aromatic rings. The van der Waals surface area contributed by atoms with Crippen LogP contribution in [0.1, 0.15) is 22.7 Å². The van der Waals surface area contributed by atoms with Crippen LogP contribution in [0.2, 0.25) is 5.02 Å². The zero-order chi connectivity index (χ0) is 22.8. The second-order valence-corrected chi connectivity index (χ2v) is 9.01. The molecule has 3 atom stereocenters. The van der Waals surface area contributed by atoms with Crippen molar-refractivity contribution in [2.45, 2.75) is 32.1 Å². The molecule has 1 saturated heterocycles. The van der Waals surface area contributed by atoms with Gasteiger partial charge in [0, 0.05) is 43.8 Å². The quantitative estimate of drug-likeness (QED) is 0.689. The van der Waals surface area contributed by atoms with Gasteiger partial charge in [0.1, 0.15) is 18.8 Å². The fraction of sp³-hybridized carbons (Fsp3) is 0.458. The molecule has 2 aliphatic heterocycles. The molecule has 8 heteroatoms. The van der Waals surface area contributed by atoms with Crippen molar-refractivity contribution < 1.29 is 19.4 Å². The van der Waals surface area contributed by atoms with Crippen molar-refractivity contribution in [2.75, 3.05) is 39.3 Å². The van der Waals surface area contributed by atoms with Crippen LogP contribution in [-0.4, -0.2) is 72.4 Å². The summed E-state index contributed by atoms with van der Waals surface area (Å²) >= 11 is 5.99. The molecule has 3 unspecified atom stereocenters. The molecular weight excluding hydrogens is 430 g/mol. The van der Waals surface area contributed by atoms with Crippen LogP contribution in [0.5, 0.6) is 11.5 Å². The number of carbonyl (C=O) groups is 1. The summed E-state index contributed by atoms with van der Waals surface area (Å²) in [6, 6.07) is 10.8. The summed E-state index contributed by atoms with van der Waals surface area (Å²) in [5, 5.41) is 11.3. The van der Waals surface area contributed by atoms with Crippen LogP contribution >= 0.6 is 11.6 Å². The minimum Gasteiger partial charge on any atom is -0.486 e.